The van der Waals surface area contributed by atoms with E-state index >= 15 is 0 Å². The van der Waals surface area contributed by atoms with Gasteiger partial charge < -0.3 is 5.73 Å². The molecule has 0 bridgehead atoms. The fraction of sp³-hybridized carbons (Fsp3) is 0.200. The minimum Gasteiger partial charge on any atom is -0.324 e. The first-order valence-corrected chi connectivity index (χ1v) is 6.45. The summed E-state index contributed by atoms with van der Waals surface area (Å²) in [4.78, 5) is 4.28. The maximum absolute atomic E-state index is 6.22. The predicted octanol–water partition coefficient (Wildman–Crippen LogP) is 2.92. The zero-order chi connectivity index (χ0) is 13.2. The number of nitrogens with two attached hydrogens (primary N) is 1. The molecule has 0 aliphatic rings. The summed E-state index contributed by atoms with van der Waals surface area (Å²) < 4.78 is 1.79. The Morgan fingerprint density at radius 3 is 2.70 bits per heavy atom. The monoisotopic (exact) mass is 286 g/mol. The van der Waals surface area contributed by atoms with Crippen molar-refractivity contribution in [2.24, 2.45) is 5.73 Å². The lowest BCUT2D eigenvalue weighted by Crippen LogP contribution is -2.12. The van der Waals surface area contributed by atoms with Crippen molar-refractivity contribution < 1.29 is 0 Å². The summed E-state index contributed by atoms with van der Waals surface area (Å²) in [7, 11) is 0. The molecular weight excluding hydrogens is 268 g/mol. The number of nitrogens with zero attached hydrogens (tertiary/aromatic N) is 3. The van der Waals surface area contributed by atoms with E-state index in [0.29, 0.717) is 0 Å². The third-order valence-electron chi connectivity index (χ3n) is 3.30. The van der Waals surface area contributed by atoms with E-state index in [9.17, 15) is 0 Å². The second-order valence-electron chi connectivity index (χ2n) is 4.56. The molecule has 2 heterocycles. The zero-order valence-electron chi connectivity index (χ0n) is 11.3. The largest absolute Gasteiger partial charge is 0.324 e. The molecule has 1 atom stereocenters. The van der Waals surface area contributed by atoms with Crippen LogP contribution in [0.4, 0.5) is 0 Å². The maximum Gasteiger partial charge on any atom is 0.153 e. The molecule has 104 valence electrons. The van der Waals surface area contributed by atoms with Crippen LogP contribution in [0.25, 0.3) is 16.9 Å². The third kappa shape index (κ3) is 2.55. The number of benzene rings is 1. The van der Waals surface area contributed by atoms with Gasteiger partial charge in [-0.25, -0.2) is 9.50 Å². The van der Waals surface area contributed by atoms with Crippen LogP contribution in [0.5, 0.6) is 0 Å². The highest BCUT2D eigenvalue weighted by atomic mass is 32.1. The Balaban J connectivity index is 0.00000147. The van der Waals surface area contributed by atoms with Crippen molar-refractivity contribution in [3.05, 3.63) is 54.4 Å². The quantitative estimate of drug-likeness (QED) is 0.805. The Morgan fingerprint density at radius 2 is 2.00 bits per heavy atom. The van der Waals surface area contributed by atoms with Crippen LogP contribution in [0.3, 0.4) is 0 Å². The van der Waals surface area contributed by atoms with E-state index in [2.05, 4.69) is 29.1 Å². The summed E-state index contributed by atoms with van der Waals surface area (Å²) in [6, 6.07) is 12.1. The van der Waals surface area contributed by atoms with Crippen LogP contribution in [0.15, 0.2) is 48.8 Å². The van der Waals surface area contributed by atoms with E-state index in [-0.39, 0.29) is 19.5 Å². The van der Waals surface area contributed by atoms with E-state index in [1.165, 1.54) is 0 Å². The molecule has 0 aliphatic carbocycles. The van der Waals surface area contributed by atoms with E-state index in [0.717, 1.165) is 28.9 Å². The minimum absolute atomic E-state index is 0. The van der Waals surface area contributed by atoms with Crippen molar-refractivity contribution in [2.75, 3.05) is 0 Å². The van der Waals surface area contributed by atoms with Gasteiger partial charge in [0.2, 0.25) is 0 Å². The number of hydrogen-bond donors (Lipinski definition) is 1. The molecule has 0 saturated heterocycles. The van der Waals surface area contributed by atoms with Crippen LogP contribution < -0.4 is 5.73 Å². The Morgan fingerprint density at radius 1 is 1.25 bits per heavy atom. The van der Waals surface area contributed by atoms with Gasteiger partial charge in [-0.3, -0.25) is 0 Å². The van der Waals surface area contributed by atoms with Gasteiger partial charge in [-0.15, -0.1) is 0 Å². The zero-order valence-corrected chi connectivity index (χ0v) is 12.3. The van der Waals surface area contributed by atoms with Gasteiger partial charge in [-0.05, 0) is 12.5 Å². The highest BCUT2D eigenvalue weighted by molar-refractivity contribution is 7.59. The van der Waals surface area contributed by atoms with Crippen molar-refractivity contribution in [1.82, 2.24) is 14.6 Å². The molecular formula is C15H18N4S. The maximum atomic E-state index is 6.22. The lowest BCUT2D eigenvalue weighted by atomic mass is 9.99. The molecule has 1 aromatic carbocycles. The van der Waals surface area contributed by atoms with Crippen LogP contribution in [0, 0.1) is 0 Å². The average molecular weight is 286 g/mol. The van der Waals surface area contributed by atoms with Crippen LogP contribution in [-0.2, 0) is 0 Å². The van der Waals surface area contributed by atoms with Gasteiger partial charge in [0.15, 0.2) is 5.65 Å². The first-order valence-electron chi connectivity index (χ1n) is 6.45. The summed E-state index contributed by atoms with van der Waals surface area (Å²) in [6.45, 7) is 2.08. The fourth-order valence-electron chi connectivity index (χ4n) is 2.19. The molecule has 0 saturated carbocycles. The Labute approximate surface area is 125 Å². The van der Waals surface area contributed by atoms with Gasteiger partial charge in [0.05, 0.1) is 5.69 Å². The average Bonchev–Trinajstić information content (AvgIpc) is 2.93. The van der Waals surface area contributed by atoms with Crippen LogP contribution in [0.1, 0.15) is 24.9 Å². The highest BCUT2D eigenvalue weighted by Crippen LogP contribution is 2.27. The van der Waals surface area contributed by atoms with Crippen molar-refractivity contribution in [3.8, 4) is 11.3 Å². The molecule has 2 aromatic heterocycles. The van der Waals surface area contributed by atoms with E-state index in [4.69, 9.17) is 5.73 Å². The van der Waals surface area contributed by atoms with Gasteiger partial charge in [0, 0.05) is 29.6 Å². The van der Waals surface area contributed by atoms with E-state index in [1.54, 1.807) is 10.7 Å². The summed E-state index contributed by atoms with van der Waals surface area (Å²) in [5, 5.41) is 4.65. The van der Waals surface area contributed by atoms with Crippen LogP contribution in [-0.4, -0.2) is 14.6 Å². The normalized spacial score (nSPS) is 12.1. The summed E-state index contributed by atoms with van der Waals surface area (Å²) >= 11 is 0. The fourth-order valence-corrected chi connectivity index (χ4v) is 2.19. The Hall–Kier alpha value is -1.85. The molecule has 0 aliphatic heterocycles. The van der Waals surface area contributed by atoms with E-state index < -0.39 is 0 Å². The third-order valence-corrected chi connectivity index (χ3v) is 3.30. The molecule has 20 heavy (non-hydrogen) atoms. The van der Waals surface area contributed by atoms with Gasteiger partial charge in [-0.2, -0.15) is 18.6 Å². The molecule has 0 amide bonds. The number of aromatic nitrogens is 3. The van der Waals surface area contributed by atoms with Crippen molar-refractivity contribution in [3.63, 3.8) is 0 Å². The molecule has 0 fully saturated rings. The predicted molar refractivity (Wildman–Crippen MR) is 86.0 cm³/mol. The molecule has 3 rings (SSSR count). The van der Waals surface area contributed by atoms with Gasteiger partial charge >= 0.3 is 0 Å². The SMILES string of the molecule is CC[C@H](N)c1cc2nccn2nc1-c1ccccc1.S. The number of hydrogen-bond acceptors (Lipinski definition) is 3. The van der Waals surface area contributed by atoms with Crippen LogP contribution in [0.2, 0.25) is 0 Å². The molecule has 4 nitrogen and oxygen atoms in total. The molecule has 0 spiro atoms. The standard InChI is InChI=1S/C15H16N4.H2S/c1-2-13(16)12-10-14-17-8-9-19(14)18-15(12)11-6-4-3-5-7-11;/h3-10,13H,2,16H2,1H3;1H2/t13-;/m0./s1. The topological polar surface area (TPSA) is 56.2 Å². The van der Waals surface area contributed by atoms with Crippen molar-refractivity contribution >= 4 is 19.1 Å². The molecule has 0 radical (unpaired) electrons. The number of fused-ring (bicyclic) bond motifs is 1. The summed E-state index contributed by atoms with van der Waals surface area (Å²) in [5.74, 6) is 0. The number of rotatable bonds is 3. The molecule has 2 N–H and O–H groups in total. The smallest absolute Gasteiger partial charge is 0.153 e. The lowest BCUT2D eigenvalue weighted by molar-refractivity contribution is 0.692. The lowest BCUT2D eigenvalue weighted by Gasteiger charge is -2.14. The summed E-state index contributed by atoms with van der Waals surface area (Å²) in [6.07, 6.45) is 4.47. The minimum atomic E-state index is -0.0237. The Bertz CT molecular complexity index is 693. The van der Waals surface area contributed by atoms with Gasteiger partial charge in [0.25, 0.3) is 0 Å². The van der Waals surface area contributed by atoms with Crippen molar-refractivity contribution in [2.45, 2.75) is 19.4 Å². The first-order chi connectivity index (χ1) is 9.29. The highest BCUT2D eigenvalue weighted by Gasteiger charge is 2.14. The van der Waals surface area contributed by atoms with Gasteiger partial charge in [0.1, 0.15) is 0 Å². The van der Waals surface area contributed by atoms with Gasteiger partial charge in [-0.1, -0.05) is 37.3 Å². The first kappa shape index (κ1) is 14.6. The van der Waals surface area contributed by atoms with Crippen LogP contribution >= 0.6 is 13.5 Å². The van der Waals surface area contributed by atoms with Crippen molar-refractivity contribution in [1.29, 1.82) is 0 Å². The Kier molecular flexibility index (Phi) is 4.42. The van der Waals surface area contributed by atoms with E-state index in [1.807, 2.05) is 30.5 Å². The molecule has 0 unspecified atom stereocenters. The second-order valence-corrected chi connectivity index (χ2v) is 4.56. The molecule has 5 heteroatoms. The molecule has 3 aromatic rings. The number of imidazole rings is 1. The summed E-state index contributed by atoms with van der Waals surface area (Å²) in [5.41, 5.74) is 10.1. The second kappa shape index (κ2) is 6.07.